The normalized spacial score (nSPS) is 10.8. The van der Waals surface area contributed by atoms with E-state index in [0.717, 1.165) is 6.07 Å². The van der Waals surface area contributed by atoms with Gasteiger partial charge < -0.3 is 5.73 Å². The highest BCUT2D eigenvalue weighted by Crippen LogP contribution is 2.19. The van der Waals surface area contributed by atoms with Crippen molar-refractivity contribution in [2.24, 2.45) is 10.8 Å². The number of nitrogens with zero attached hydrogens (tertiary/aromatic N) is 2. The van der Waals surface area contributed by atoms with E-state index in [1.54, 1.807) is 0 Å². The molecule has 5 nitrogen and oxygen atoms in total. The average molecular weight is 241 g/mol. The van der Waals surface area contributed by atoms with Crippen LogP contribution in [0.2, 0.25) is 0 Å². The Kier molecular flexibility index (Phi) is 3.66. The van der Waals surface area contributed by atoms with Gasteiger partial charge in [0, 0.05) is 0 Å². The fourth-order valence-corrected chi connectivity index (χ4v) is 0.874. The Labute approximate surface area is 93.9 Å². The number of benzene rings is 1. The molecule has 4 N–H and O–H groups in total. The molecule has 0 unspecified atom stereocenters. The monoisotopic (exact) mass is 241 g/mol. The first-order chi connectivity index (χ1) is 7.97. The lowest BCUT2D eigenvalue weighted by Gasteiger charge is -2.03. The number of rotatable bonds is 3. The lowest BCUT2D eigenvalue weighted by atomic mass is 10.3. The summed E-state index contributed by atoms with van der Waals surface area (Å²) >= 11 is 0. The van der Waals surface area contributed by atoms with Gasteiger partial charge in [0.15, 0.2) is 23.3 Å². The third-order valence-electron chi connectivity index (χ3n) is 1.68. The minimum atomic E-state index is -1.66. The summed E-state index contributed by atoms with van der Waals surface area (Å²) < 4.78 is 38.5. The van der Waals surface area contributed by atoms with Crippen molar-refractivity contribution in [3.05, 3.63) is 29.6 Å². The van der Waals surface area contributed by atoms with E-state index in [-0.39, 0.29) is 0 Å². The van der Waals surface area contributed by atoms with Gasteiger partial charge >= 0.3 is 0 Å². The third kappa shape index (κ3) is 2.72. The molecule has 0 radical (unpaired) electrons. The van der Waals surface area contributed by atoms with Crippen molar-refractivity contribution in [2.75, 3.05) is 5.43 Å². The molecule has 17 heavy (non-hydrogen) atoms. The number of amidine groups is 1. The van der Waals surface area contributed by atoms with Crippen molar-refractivity contribution in [1.82, 2.24) is 0 Å². The highest BCUT2D eigenvalue weighted by Gasteiger charge is 2.13. The molecule has 0 aliphatic heterocycles. The lowest BCUT2D eigenvalue weighted by molar-refractivity contribution is 0.449. The summed E-state index contributed by atoms with van der Waals surface area (Å²) in [6, 6.07) is 3.05. The summed E-state index contributed by atoms with van der Waals surface area (Å²) in [5.74, 6) is -5.12. The van der Waals surface area contributed by atoms with Gasteiger partial charge in [-0.2, -0.15) is 10.4 Å². The summed E-state index contributed by atoms with van der Waals surface area (Å²) in [4.78, 5) is 0. The van der Waals surface area contributed by atoms with Crippen LogP contribution in [-0.4, -0.2) is 11.5 Å². The summed E-state index contributed by atoms with van der Waals surface area (Å²) in [7, 11) is 0. The molecule has 0 saturated heterocycles. The molecular weight excluding hydrogens is 235 g/mol. The smallest absolute Gasteiger partial charge is 0.201 e. The zero-order chi connectivity index (χ0) is 13.0. The maximum Gasteiger partial charge on any atom is 0.201 e. The van der Waals surface area contributed by atoms with Crippen LogP contribution < -0.4 is 11.2 Å². The van der Waals surface area contributed by atoms with Crippen LogP contribution in [0.4, 0.5) is 18.9 Å². The number of nitrogens with one attached hydrogen (secondary N) is 2. The maximum absolute atomic E-state index is 13.1. The van der Waals surface area contributed by atoms with Crippen LogP contribution in [0.3, 0.4) is 0 Å². The SMILES string of the molecule is N#C/C(=N\Nc1ccc(F)c(F)c1F)C(=N)N. The van der Waals surface area contributed by atoms with E-state index < -0.39 is 34.7 Å². The van der Waals surface area contributed by atoms with E-state index in [1.165, 1.54) is 6.07 Å². The van der Waals surface area contributed by atoms with E-state index in [1.807, 2.05) is 5.43 Å². The van der Waals surface area contributed by atoms with Crippen molar-refractivity contribution in [2.45, 2.75) is 0 Å². The molecule has 0 bridgehead atoms. The van der Waals surface area contributed by atoms with E-state index in [0.29, 0.717) is 6.07 Å². The van der Waals surface area contributed by atoms with Crippen molar-refractivity contribution < 1.29 is 13.2 Å². The zero-order valence-electron chi connectivity index (χ0n) is 8.26. The molecule has 0 spiro atoms. The minimum absolute atomic E-state index is 0.474. The maximum atomic E-state index is 13.1. The van der Waals surface area contributed by atoms with Gasteiger partial charge in [-0.05, 0) is 12.1 Å². The second-order valence-electron chi connectivity index (χ2n) is 2.82. The molecule has 88 valence electrons. The zero-order valence-corrected chi connectivity index (χ0v) is 8.26. The van der Waals surface area contributed by atoms with Crippen LogP contribution in [0.15, 0.2) is 17.2 Å². The van der Waals surface area contributed by atoms with Gasteiger partial charge in [-0.1, -0.05) is 0 Å². The molecule has 1 aromatic rings. The largest absolute Gasteiger partial charge is 0.382 e. The lowest BCUT2D eigenvalue weighted by Crippen LogP contribution is -2.22. The first kappa shape index (κ1) is 12.5. The number of nitriles is 1. The number of halogens is 3. The van der Waals surface area contributed by atoms with Gasteiger partial charge in [-0.15, -0.1) is 0 Å². The predicted octanol–water partition coefficient (Wildman–Crippen LogP) is 1.33. The van der Waals surface area contributed by atoms with Crippen LogP contribution in [0.1, 0.15) is 0 Å². The third-order valence-corrected chi connectivity index (χ3v) is 1.68. The van der Waals surface area contributed by atoms with E-state index in [2.05, 4.69) is 5.10 Å². The van der Waals surface area contributed by atoms with Crippen molar-refractivity contribution in [3.63, 3.8) is 0 Å². The van der Waals surface area contributed by atoms with Crippen LogP contribution in [0, 0.1) is 34.2 Å². The van der Waals surface area contributed by atoms with Gasteiger partial charge in [0.25, 0.3) is 0 Å². The molecule has 0 aliphatic carbocycles. The summed E-state index contributed by atoms with van der Waals surface area (Å²) in [6.07, 6.45) is 0. The molecule has 8 heteroatoms. The van der Waals surface area contributed by atoms with Gasteiger partial charge in [0.05, 0.1) is 5.69 Å². The molecule has 0 aliphatic rings. The Morgan fingerprint density at radius 1 is 1.35 bits per heavy atom. The summed E-state index contributed by atoms with van der Waals surface area (Å²) in [5.41, 5.74) is 5.96. The van der Waals surface area contributed by atoms with Crippen LogP contribution in [0.25, 0.3) is 0 Å². The molecule has 0 fully saturated rings. The Balaban J connectivity index is 3.02. The van der Waals surface area contributed by atoms with Crippen molar-refractivity contribution >= 4 is 17.2 Å². The van der Waals surface area contributed by atoms with Gasteiger partial charge in [-0.3, -0.25) is 10.8 Å². The van der Waals surface area contributed by atoms with Gasteiger partial charge in [0.1, 0.15) is 6.07 Å². The predicted molar refractivity (Wildman–Crippen MR) is 54.9 cm³/mol. The minimum Gasteiger partial charge on any atom is -0.382 e. The number of nitrogens with two attached hydrogens (primary N) is 1. The van der Waals surface area contributed by atoms with Gasteiger partial charge in [0.2, 0.25) is 5.71 Å². The van der Waals surface area contributed by atoms with Crippen LogP contribution in [0.5, 0.6) is 0 Å². The van der Waals surface area contributed by atoms with E-state index >= 15 is 0 Å². The quantitative estimate of drug-likeness (QED) is 0.322. The Morgan fingerprint density at radius 3 is 2.53 bits per heavy atom. The topological polar surface area (TPSA) is 98.0 Å². The fraction of sp³-hybridized carbons (Fsp3) is 0. The van der Waals surface area contributed by atoms with E-state index in [4.69, 9.17) is 16.4 Å². The van der Waals surface area contributed by atoms with Crippen molar-refractivity contribution in [3.8, 4) is 6.07 Å². The molecule has 0 saturated carbocycles. The summed E-state index contributed by atoms with van der Waals surface area (Å²) in [5, 5.41) is 18.6. The molecule has 0 amide bonds. The molecule has 1 rings (SSSR count). The number of hydrogen-bond donors (Lipinski definition) is 3. The fourth-order valence-electron chi connectivity index (χ4n) is 0.874. The molecule has 0 heterocycles. The van der Waals surface area contributed by atoms with Crippen LogP contribution >= 0.6 is 0 Å². The highest BCUT2D eigenvalue weighted by atomic mass is 19.2. The van der Waals surface area contributed by atoms with Crippen molar-refractivity contribution in [1.29, 1.82) is 10.7 Å². The molecule has 0 atom stereocenters. The number of hydrazone groups is 1. The first-order valence-corrected chi connectivity index (χ1v) is 4.19. The second-order valence-corrected chi connectivity index (χ2v) is 2.82. The van der Waals surface area contributed by atoms with Crippen LogP contribution in [-0.2, 0) is 0 Å². The van der Waals surface area contributed by atoms with Gasteiger partial charge in [-0.25, -0.2) is 13.2 Å². The highest BCUT2D eigenvalue weighted by molar-refractivity contribution is 6.45. The Bertz CT molecular complexity index is 532. The Hall–Kier alpha value is -2.56. The standard InChI is InChI=1S/C9H6F3N5/c10-4-1-2-5(8(12)7(4)11)16-17-6(3-13)9(14)15/h1-2,16H,(H3,14,15)/b17-6+. The molecule has 1 aromatic carbocycles. The molecular formula is C9H6F3N5. The Morgan fingerprint density at radius 2 is 2.00 bits per heavy atom. The summed E-state index contributed by atoms with van der Waals surface area (Å²) in [6.45, 7) is 0. The average Bonchev–Trinajstić information content (AvgIpc) is 2.29. The first-order valence-electron chi connectivity index (χ1n) is 4.19. The van der Waals surface area contributed by atoms with E-state index in [9.17, 15) is 13.2 Å². The second kappa shape index (κ2) is 4.98. The number of hydrogen-bond acceptors (Lipinski definition) is 4. The number of anilines is 1. The molecule has 0 aromatic heterocycles.